The van der Waals surface area contributed by atoms with Crippen molar-refractivity contribution in [2.24, 2.45) is 0 Å². The highest BCUT2D eigenvalue weighted by molar-refractivity contribution is 6.09. The molecule has 2 heteroatoms. The predicted octanol–water partition coefficient (Wildman–Crippen LogP) is 17.9. The summed E-state index contributed by atoms with van der Waals surface area (Å²) in [6.45, 7) is 4.77. The molecule has 1 aromatic heterocycles. The number of para-hydroxylation sites is 2. The number of allylic oxidation sites excluding steroid dienone is 5. The second kappa shape index (κ2) is 18.0. The molecule has 316 valence electrons. The van der Waals surface area contributed by atoms with Gasteiger partial charge in [-0.1, -0.05) is 159 Å². The van der Waals surface area contributed by atoms with Crippen LogP contribution in [0.25, 0.3) is 60.9 Å². The van der Waals surface area contributed by atoms with Gasteiger partial charge in [0.25, 0.3) is 0 Å². The lowest BCUT2D eigenvalue weighted by molar-refractivity contribution is 0.662. The summed E-state index contributed by atoms with van der Waals surface area (Å²) < 4.78 is 2.38. The second-order valence-electron chi connectivity index (χ2n) is 17.8. The Hall–Kier alpha value is -7.42. The molecule has 0 radical (unpaired) electrons. The molecule has 0 unspecified atom stereocenters. The highest BCUT2D eigenvalue weighted by Gasteiger charge is 2.24. The first-order valence-corrected chi connectivity index (χ1v) is 23.6. The van der Waals surface area contributed by atoms with Crippen LogP contribution >= 0.6 is 0 Å². The lowest BCUT2D eigenvalue weighted by Crippen LogP contribution is -2.10. The van der Waals surface area contributed by atoms with Crippen LogP contribution in [0.1, 0.15) is 68.9 Å². The van der Waals surface area contributed by atoms with Crippen molar-refractivity contribution in [2.45, 2.75) is 57.8 Å². The van der Waals surface area contributed by atoms with Gasteiger partial charge in [-0.3, -0.25) is 0 Å². The van der Waals surface area contributed by atoms with Crippen LogP contribution in [-0.4, -0.2) is 4.57 Å². The average molecular weight is 839 g/mol. The van der Waals surface area contributed by atoms with Crippen LogP contribution in [0.4, 0.5) is 17.1 Å². The Morgan fingerprint density at radius 3 is 1.29 bits per heavy atom. The molecule has 9 aromatic rings. The molecule has 0 saturated heterocycles. The molecule has 1 saturated carbocycles. The van der Waals surface area contributed by atoms with Crippen molar-refractivity contribution < 1.29 is 0 Å². The maximum atomic E-state index is 4.77. The number of fused-ring (bicyclic) bond motifs is 4. The number of nitrogens with zero attached hydrogens (tertiary/aromatic N) is 2. The van der Waals surface area contributed by atoms with Crippen LogP contribution < -0.4 is 4.90 Å². The Bertz CT molecular complexity index is 3130. The number of aromatic nitrogens is 1. The van der Waals surface area contributed by atoms with Gasteiger partial charge in [0.1, 0.15) is 0 Å². The highest BCUT2D eigenvalue weighted by Crippen LogP contribution is 2.45. The van der Waals surface area contributed by atoms with E-state index < -0.39 is 0 Å². The van der Waals surface area contributed by atoms with Crippen molar-refractivity contribution in [1.82, 2.24) is 4.57 Å². The van der Waals surface area contributed by atoms with Gasteiger partial charge in [0, 0.05) is 33.5 Å². The Labute approximate surface area is 384 Å². The average Bonchev–Trinajstić information content (AvgIpc) is 3.71. The van der Waals surface area contributed by atoms with E-state index in [1.165, 1.54) is 98.4 Å². The zero-order valence-corrected chi connectivity index (χ0v) is 37.1. The summed E-state index contributed by atoms with van der Waals surface area (Å²) in [7, 11) is 0. The SMILES string of the molecule is C=C1CCCCC/C(c2ccccc2)=C2/CCCC/C2=C/1c1ccc(-c2ccc(N(c3ccc(-c4ccccc4)cc3)c3ccc(-n4c5ccccc5c5ccccc54)cc3)cc2)cc1. The molecule has 0 bridgehead atoms. The van der Waals surface area contributed by atoms with Gasteiger partial charge in [-0.25, -0.2) is 0 Å². The number of hydrogen-bond acceptors (Lipinski definition) is 1. The van der Waals surface area contributed by atoms with E-state index in [9.17, 15) is 0 Å². The van der Waals surface area contributed by atoms with Crippen LogP contribution in [0.2, 0.25) is 0 Å². The summed E-state index contributed by atoms with van der Waals surface area (Å²) in [4.78, 5) is 2.37. The maximum absolute atomic E-state index is 4.77. The smallest absolute Gasteiger partial charge is 0.0541 e. The summed E-state index contributed by atoms with van der Waals surface area (Å²) in [6, 6.07) is 75.7. The molecular weight excluding hydrogens is 785 g/mol. The summed E-state index contributed by atoms with van der Waals surface area (Å²) in [5.41, 5.74) is 21.8. The molecule has 2 nitrogen and oxygen atoms in total. The number of rotatable bonds is 8. The molecule has 2 aliphatic rings. The van der Waals surface area contributed by atoms with Crippen LogP contribution in [-0.2, 0) is 0 Å². The van der Waals surface area contributed by atoms with Crippen LogP contribution in [0.15, 0.2) is 230 Å². The zero-order valence-electron chi connectivity index (χ0n) is 37.1. The molecule has 0 aliphatic heterocycles. The van der Waals surface area contributed by atoms with Crippen molar-refractivity contribution in [1.29, 1.82) is 0 Å². The molecule has 0 atom stereocenters. The summed E-state index contributed by atoms with van der Waals surface area (Å²) in [5.74, 6) is 0. The zero-order chi connectivity index (χ0) is 43.5. The topological polar surface area (TPSA) is 8.17 Å². The van der Waals surface area contributed by atoms with Gasteiger partial charge < -0.3 is 9.47 Å². The molecule has 11 rings (SSSR count). The fraction of sp³-hybridized carbons (Fsp3) is 0.143. The lowest BCUT2D eigenvalue weighted by atomic mass is 9.76. The first-order chi connectivity index (χ1) is 32.2. The fourth-order valence-electron chi connectivity index (χ4n) is 10.6. The van der Waals surface area contributed by atoms with Gasteiger partial charge in [-0.05, 0) is 173 Å². The summed E-state index contributed by atoms with van der Waals surface area (Å²) in [6.07, 6.45) is 10.7. The quantitative estimate of drug-likeness (QED) is 0.148. The summed E-state index contributed by atoms with van der Waals surface area (Å²) in [5, 5.41) is 2.53. The molecule has 0 spiro atoms. The third kappa shape index (κ3) is 7.95. The molecule has 65 heavy (non-hydrogen) atoms. The second-order valence-corrected chi connectivity index (χ2v) is 17.8. The number of hydrogen-bond donors (Lipinski definition) is 0. The number of anilines is 3. The van der Waals surface area contributed by atoms with E-state index in [0.29, 0.717) is 0 Å². The van der Waals surface area contributed by atoms with Gasteiger partial charge in [0.15, 0.2) is 0 Å². The largest absolute Gasteiger partial charge is 0.311 e. The Balaban J connectivity index is 0.942. The molecular formula is C63H54N2. The molecule has 0 amide bonds. The first kappa shape index (κ1) is 40.4. The van der Waals surface area contributed by atoms with Crippen LogP contribution in [0, 0.1) is 0 Å². The van der Waals surface area contributed by atoms with E-state index >= 15 is 0 Å². The number of benzene rings is 8. The lowest BCUT2D eigenvalue weighted by Gasteiger charge is -2.28. The Kier molecular flexibility index (Phi) is 11.2. The van der Waals surface area contributed by atoms with Gasteiger partial charge in [0.2, 0.25) is 0 Å². The van der Waals surface area contributed by atoms with E-state index in [2.05, 4.69) is 216 Å². The predicted molar refractivity (Wildman–Crippen MR) is 277 cm³/mol. The highest BCUT2D eigenvalue weighted by atomic mass is 15.1. The summed E-state index contributed by atoms with van der Waals surface area (Å²) >= 11 is 0. The van der Waals surface area contributed by atoms with Crippen molar-refractivity contribution >= 4 is 50.0 Å². The Morgan fingerprint density at radius 2 is 0.723 bits per heavy atom. The molecule has 1 heterocycles. The van der Waals surface area contributed by atoms with Gasteiger partial charge in [0.05, 0.1) is 11.0 Å². The van der Waals surface area contributed by atoms with Crippen LogP contribution in [0.3, 0.4) is 0 Å². The van der Waals surface area contributed by atoms with Crippen molar-refractivity contribution in [3.05, 3.63) is 241 Å². The van der Waals surface area contributed by atoms with Gasteiger partial charge in [-0.2, -0.15) is 0 Å². The maximum Gasteiger partial charge on any atom is 0.0541 e. The van der Waals surface area contributed by atoms with E-state index in [0.717, 1.165) is 48.4 Å². The minimum Gasteiger partial charge on any atom is -0.311 e. The van der Waals surface area contributed by atoms with Gasteiger partial charge >= 0.3 is 0 Å². The molecule has 2 aliphatic carbocycles. The van der Waals surface area contributed by atoms with E-state index in [1.54, 1.807) is 16.7 Å². The van der Waals surface area contributed by atoms with Crippen molar-refractivity contribution in [2.75, 3.05) is 4.90 Å². The minimum absolute atomic E-state index is 1.06. The third-order valence-electron chi connectivity index (χ3n) is 13.8. The van der Waals surface area contributed by atoms with E-state index in [4.69, 9.17) is 6.58 Å². The van der Waals surface area contributed by atoms with Crippen molar-refractivity contribution in [3.63, 3.8) is 0 Å². The van der Waals surface area contributed by atoms with E-state index in [1.807, 2.05) is 0 Å². The molecule has 8 aromatic carbocycles. The Morgan fingerprint density at radius 1 is 0.323 bits per heavy atom. The van der Waals surface area contributed by atoms with Crippen LogP contribution in [0.5, 0.6) is 0 Å². The van der Waals surface area contributed by atoms with Gasteiger partial charge in [-0.15, -0.1) is 0 Å². The third-order valence-corrected chi connectivity index (χ3v) is 13.8. The normalized spacial score (nSPS) is 17.0. The minimum atomic E-state index is 1.06. The van der Waals surface area contributed by atoms with E-state index in [-0.39, 0.29) is 0 Å². The standard InChI is InChI=1S/C63H54N2/c1-45-17-5-2-10-22-56(50-20-8-4-9-21-50)57-23-11-12-26-60(57)63(45)51-31-29-47(30-32-51)49-35-39-53(40-36-49)64(52-37-33-48(34-38-52)46-18-6-3-7-19-46)54-41-43-55(44-42-54)65-61-27-15-13-24-58(61)59-25-14-16-28-62(59)65/h3-4,6-9,13-16,18-21,24-25,27-44H,1-2,5,10-12,17,22-23,26H2/b57-56+,63-60+. The monoisotopic (exact) mass is 838 g/mol. The van der Waals surface area contributed by atoms with Crippen molar-refractivity contribution in [3.8, 4) is 27.9 Å². The molecule has 0 N–H and O–H groups in total. The first-order valence-electron chi connectivity index (χ1n) is 23.6. The fourth-order valence-corrected chi connectivity index (χ4v) is 10.6. The molecule has 1 fully saturated rings.